The van der Waals surface area contributed by atoms with Crippen LogP contribution in [-0.2, 0) is 23.2 Å². The molecule has 5 heterocycles. The second kappa shape index (κ2) is 9.34. The lowest BCUT2D eigenvalue weighted by atomic mass is 9.69. The van der Waals surface area contributed by atoms with Gasteiger partial charge in [0.25, 0.3) is 0 Å². The van der Waals surface area contributed by atoms with E-state index in [1.165, 1.54) is 28.8 Å². The molecule has 0 aliphatic carbocycles. The minimum absolute atomic E-state index is 0.0625. The number of nitrogens with one attached hydrogen (secondary N) is 4. The number of para-hydroxylation sites is 1. The molecule has 1 fully saturated rings. The number of ether oxygens (including phenoxy) is 1. The molecule has 38 heavy (non-hydrogen) atoms. The summed E-state index contributed by atoms with van der Waals surface area (Å²) in [4.78, 5) is 8.86. The number of aromatic nitrogens is 3. The number of hydrogen-bond acceptors (Lipinski definition) is 6. The number of amidine groups is 1. The third-order valence-electron chi connectivity index (χ3n) is 8.39. The third kappa shape index (κ3) is 3.76. The van der Waals surface area contributed by atoms with E-state index in [1.807, 2.05) is 10.9 Å². The van der Waals surface area contributed by atoms with Crippen LogP contribution in [0, 0.1) is 11.7 Å². The molecule has 7 rings (SSSR count). The van der Waals surface area contributed by atoms with Crippen LogP contribution in [0.4, 0.5) is 4.39 Å². The first-order chi connectivity index (χ1) is 18.7. The number of benzene rings is 2. The standard InChI is InChI=1S/C29H32FN7O/c1-2-37-17-20(16-31-37)29(19-11-13-38-14-12-19)26-23(22-5-3-4-6-24(22)32-26)15-25(34-29)28-33-27(35-36-28)18-7-9-21(30)10-8-18/h3-10,16-17,19,25,27,32,34-35H,2,11-15H2,1H3,(H,33,36). The summed E-state index contributed by atoms with van der Waals surface area (Å²) < 4.78 is 21.3. The zero-order chi connectivity index (χ0) is 25.7. The molecule has 9 heteroatoms. The fraction of sp³-hybridized carbons (Fsp3) is 0.379. The second-order valence-corrected chi connectivity index (χ2v) is 10.4. The Labute approximate surface area is 220 Å². The van der Waals surface area contributed by atoms with Gasteiger partial charge in [0.15, 0.2) is 0 Å². The Balaban J connectivity index is 1.37. The molecule has 4 aromatic rings. The fourth-order valence-electron chi connectivity index (χ4n) is 6.50. The van der Waals surface area contributed by atoms with Crippen LogP contribution >= 0.6 is 0 Å². The van der Waals surface area contributed by atoms with E-state index in [0.29, 0.717) is 5.92 Å². The average molecular weight is 514 g/mol. The lowest BCUT2D eigenvalue weighted by Crippen LogP contribution is -2.62. The number of rotatable bonds is 5. The number of aromatic amines is 1. The van der Waals surface area contributed by atoms with Crippen molar-refractivity contribution in [1.82, 2.24) is 30.9 Å². The SMILES string of the molecule is CCn1cc(C2(C3CCOCC3)NC(C3=NC(c4ccc(F)cc4)NN3)Cc3c2[nH]c2ccccc32)cn1. The van der Waals surface area contributed by atoms with E-state index in [9.17, 15) is 4.39 Å². The number of aryl methyl sites for hydroxylation is 1. The van der Waals surface area contributed by atoms with Crippen LogP contribution < -0.4 is 16.2 Å². The maximum atomic E-state index is 13.5. The van der Waals surface area contributed by atoms with Gasteiger partial charge >= 0.3 is 0 Å². The van der Waals surface area contributed by atoms with Crippen LogP contribution in [0.2, 0.25) is 0 Å². The molecule has 0 spiro atoms. The first-order valence-electron chi connectivity index (χ1n) is 13.5. The van der Waals surface area contributed by atoms with Gasteiger partial charge in [-0.2, -0.15) is 5.10 Å². The predicted octanol–water partition coefficient (Wildman–Crippen LogP) is 3.91. The summed E-state index contributed by atoms with van der Waals surface area (Å²) in [6, 6.07) is 15.0. The number of nitrogens with zero attached hydrogens (tertiary/aromatic N) is 3. The van der Waals surface area contributed by atoms with E-state index in [4.69, 9.17) is 14.8 Å². The Kier molecular flexibility index (Phi) is 5.79. The number of H-pyrrole nitrogens is 1. The molecule has 4 N–H and O–H groups in total. The van der Waals surface area contributed by atoms with E-state index in [0.717, 1.165) is 61.5 Å². The predicted molar refractivity (Wildman–Crippen MR) is 144 cm³/mol. The molecular formula is C29H32FN7O. The minimum atomic E-state index is -0.480. The van der Waals surface area contributed by atoms with Gasteiger partial charge in [0, 0.05) is 48.1 Å². The molecule has 0 radical (unpaired) electrons. The summed E-state index contributed by atoms with van der Waals surface area (Å²) in [6.45, 7) is 4.40. The van der Waals surface area contributed by atoms with Gasteiger partial charge in [-0.05, 0) is 61.4 Å². The lowest BCUT2D eigenvalue weighted by molar-refractivity contribution is 0.0329. The summed E-state index contributed by atoms with van der Waals surface area (Å²) in [5.41, 5.74) is 11.9. The Morgan fingerprint density at radius 1 is 1.11 bits per heavy atom. The zero-order valence-electron chi connectivity index (χ0n) is 21.4. The molecule has 0 saturated carbocycles. The van der Waals surface area contributed by atoms with E-state index in [2.05, 4.69) is 58.5 Å². The average Bonchev–Trinajstić information content (AvgIpc) is 3.72. The third-order valence-corrected chi connectivity index (χ3v) is 8.39. The summed E-state index contributed by atoms with van der Waals surface area (Å²) >= 11 is 0. The molecule has 3 aliphatic rings. The van der Waals surface area contributed by atoms with E-state index < -0.39 is 5.54 Å². The van der Waals surface area contributed by atoms with Crippen LogP contribution in [-0.4, -0.2) is 39.9 Å². The van der Waals surface area contributed by atoms with Crippen molar-refractivity contribution in [3.05, 3.63) is 89.1 Å². The largest absolute Gasteiger partial charge is 0.381 e. The molecular weight excluding hydrogens is 481 g/mol. The monoisotopic (exact) mass is 513 g/mol. The molecule has 3 atom stereocenters. The van der Waals surface area contributed by atoms with Crippen molar-refractivity contribution in [2.75, 3.05) is 13.2 Å². The molecule has 2 aromatic heterocycles. The van der Waals surface area contributed by atoms with Crippen molar-refractivity contribution < 1.29 is 9.13 Å². The zero-order valence-corrected chi connectivity index (χ0v) is 21.4. The first kappa shape index (κ1) is 23.6. The molecule has 2 aromatic carbocycles. The van der Waals surface area contributed by atoms with Gasteiger partial charge in [0.05, 0.1) is 17.8 Å². The Hall–Kier alpha value is -3.53. The molecule has 0 bridgehead atoms. The van der Waals surface area contributed by atoms with Crippen LogP contribution in [0.3, 0.4) is 0 Å². The van der Waals surface area contributed by atoms with E-state index in [1.54, 1.807) is 12.1 Å². The topological polar surface area (TPSA) is 91.3 Å². The second-order valence-electron chi connectivity index (χ2n) is 10.4. The summed E-state index contributed by atoms with van der Waals surface area (Å²) in [7, 11) is 0. The van der Waals surface area contributed by atoms with Crippen LogP contribution in [0.1, 0.15) is 48.3 Å². The molecule has 1 saturated heterocycles. The highest BCUT2D eigenvalue weighted by atomic mass is 19.1. The first-order valence-corrected chi connectivity index (χ1v) is 13.5. The number of aliphatic imine (C=N–C) groups is 1. The summed E-state index contributed by atoms with van der Waals surface area (Å²) in [6.07, 6.45) is 6.61. The Morgan fingerprint density at radius 3 is 2.71 bits per heavy atom. The van der Waals surface area contributed by atoms with Crippen LogP contribution in [0.15, 0.2) is 65.9 Å². The number of halogens is 1. The summed E-state index contributed by atoms with van der Waals surface area (Å²) in [5, 5.41) is 10.0. The van der Waals surface area contributed by atoms with Gasteiger partial charge in [-0.1, -0.05) is 30.3 Å². The Morgan fingerprint density at radius 2 is 1.92 bits per heavy atom. The van der Waals surface area contributed by atoms with Gasteiger partial charge in [0.2, 0.25) is 0 Å². The molecule has 3 aliphatic heterocycles. The highest BCUT2D eigenvalue weighted by Crippen LogP contribution is 2.47. The number of fused-ring (bicyclic) bond motifs is 3. The van der Waals surface area contributed by atoms with Crippen molar-refractivity contribution >= 4 is 16.7 Å². The molecule has 8 nitrogen and oxygen atoms in total. The highest BCUT2D eigenvalue weighted by molar-refractivity contribution is 5.92. The van der Waals surface area contributed by atoms with Gasteiger partial charge < -0.3 is 15.1 Å². The number of hydrogen-bond donors (Lipinski definition) is 4. The van der Waals surface area contributed by atoms with Gasteiger partial charge in [0.1, 0.15) is 17.8 Å². The molecule has 3 unspecified atom stereocenters. The van der Waals surface area contributed by atoms with Crippen molar-refractivity contribution in [2.24, 2.45) is 10.9 Å². The smallest absolute Gasteiger partial charge is 0.143 e. The maximum Gasteiger partial charge on any atom is 0.143 e. The molecule has 0 amide bonds. The van der Waals surface area contributed by atoms with Gasteiger partial charge in [-0.3, -0.25) is 10.00 Å². The van der Waals surface area contributed by atoms with Crippen molar-refractivity contribution in [1.29, 1.82) is 0 Å². The van der Waals surface area contributed by atoms with Crippen LogP contribution in [0.5, 0.6) is 0 Å². The van der Waals surface area contributed by atoms with Crippen molar-refractivity contribution in [3.8, 4) is 0 Å². The van der Waals surface area contributed by atoms with Gasteiger partial charge in [-0.25, -0.2) is 14.8 Å². The molecule has 196 valence electrons. The normalized spacial score (nSPS) is 25.8. The van der Waals surface area contributed by atoms with Gasteiger partial charge in [-0.15, -0.1) is 0 Å². The quantitative estimate of drug-likeness (QED) is 0.325. The van der Waals surface area contributed by atoms with Crippen molar-refractivity contribution in [2.45, 2.75) is 50.5 Å². The fourth-order valence-corrected chi connectivity index (χ4v) is 6.50. The Bertz CT molecular complexity index is 1490. The van der Waals surface area contributed by atoms with E-state index in [-0.39, 0.29) is 18.0 Å². The van der Waals surface area contributed by atoms with E-state index >= 15 is 0 Å². The highest BCUT2D eigenvalue weighted by Gasteiger charge is 2.51. The maximum absolute atomic E-state index is 13.5. The summed E-state index contributed by atoms with van der Waals surface area (Å²) in [5.74, 6) is 0.913. The lowest BCUT2D eigenvalue weighted by Gasteiger charge is -2.48. The minimum Gasteiger partial charge on any atom is -0.381 e. The van der Waals surface area contributed by atoms with Crippen molar-refractivity contribution in [3.63, 3.8) is 0 Å². The number of hydrazine groups is 1. The van der Waals surface area contributed by atoms with Crippen LogP contribution in [0.25, 0.3) is 10.9 Å².